The van der Waals surface area contributed by atoms with E-state index in [-0.39, 0.29) is 5.91 Å². The number of hydrazine groups is 1. The van der Waals surface area contributed by atoms with Crippen molar-refractivity contribution in [1.29, 1.82) is 0 Å². The molecule has 0 unspecified atom stereocenters. The van der Waals surface area contributed by atoms with Crippen LogP contribution < -0.4 is 10.4 Å². The highest BCUT2D eigenvalue weighted by atomic mass is 35.5. The quantitative estimate of drug-likeness (QED) is 0.870. The highest BCUT2D eigenvalue weighted by molar-refractivity contribution is 7.12. The van der Waals surface area contributed by atoms with E-state index in [2.05, 4.69) is 10.4 Å². The van der Waals surface area contributed by atoms with Gasteiger partial charge in [0, 0.05) is 5.02 Å². The van der Waals surface area contributed by atoms with Crippen molar-refractivity contribution in [2.75, 3.05) is 5.01 Å². The zero-order valence-electron chi connectivity index (χ0n) is 9.13. The van der Waals surface area contributed by atoms with Crippen LogP contribution >= 0.6 is 22.9 Å². The summed E-state index contributed by atoms with van der Waals surface area (Å²) in [4.78, 5) is 17.1. The van der Waals surface area contributed by atoms with Crippen molar-refractivity contribution >= 4 is 46.6 Å². The Balaban J connectivity index is 2.02. The monoisotopic (exact) mass is 277 g/mol. The van der Waals surface area contributed by atoms with Gasteiger partial charge in [0.1, 0.15) is 11.2 Å². The molecule has 6 heteroatoms. The molecule has 1 aromatic carbocycles. The van der Waals surface area contributed by atoms with Crippen LogP contribution in [0.4, 0.5) is 11.4 Å². The number of amides is 1. The largest absolute Gasteiger partial charge is 0.289 e. The van der Waals surface area contributed by atoms with Crippen molar-refractivity contribution in [3.8, 4) is 0 Å². The first kappa shape index (κ1) is 11.3. The number of halogens is 1. The van der Waals surface area contributed by atoms with Crippen LogP contribution in [0.3, 0.4) is 0 Å². The molecule has 1 N–H and O–H groups in total. The summed E-state index contributed by atoms with van der Waals surface area (Å²) < 4.78 is 0. The van der Waals surface area contributed by atoms with Gasteiger partial charge < -0.3 is 0 Å². The summed E-state index contributed by atoms with van der Waals surface area (Å²) in [6, 6.07) is 8.85. The van der Waals surface area contributed by atoms with Crippen LogP contribution in [-0.2, 0) is 0 Å². The molecule has 0 fully saturated rings. The molecule has 4 nitrogen and oxygen atoms in total. The van der Waals surface area contributed by atoms with E-state index in [4.69, 9.17) is 11.6 Å². The van der Waals surface area contributed by atoms with Gasteiger partial charge in [-0.2, -0.15) is 0 Å². The normalized spacial score (nSPS) is 14.1. The molecule has 90 valence electrons. The number of carbonyl (C=O) groups is 1. The van der Waals surface area contributed by atoms with Gasteiger partial charge in [-0.15, -0.1) is 11.3 Å². The van der Waals surface area contributed by atoms with E-state index in [0.717, 1.165) is 5.69 Å². The van der Waals surface area contributed by atoms with Gasteiger partial charge in [0.25, 0.3) is 5.91 Å². The summed E-state index contributed by atoms with van der Waals surface area (Å²) in [5, 5.41) is 3.93. The third-order valence-corrected chi connectivity index (χ3v) is 3.66. The topological polar surface area (TPSA) is 44.7 Å². The molecule has 0 bridgehead atoms. The molecule has 18 heavy (non-hydrogen) atoms. The number of nitrogens with zero attached hydrogens (tertiary/aromatic N) is 2. The summed E-state index contributed by atoms with van der Waals surface area (Å²) in [6.07, 6.45) is 1.51. The van der Waals surface area contributed by atoms with Crippen molar-refractivity contribution in [3.63, 3.8) is 0 Å². The number of aliphatic imine (C=N–C) groups is 1. The maximum atomic E-state index is 12.3. The number of fused-ring (bicyclic) bond motifs is 1. The first-order chi connectivity index (χ1) is 8.75. The van der Waals surface area contributed by atoms with Crippen LogP contribution in [0.2, 0.25) is 5.02 Å². The Labute approximate surface area is 112 Å². The molecule has 0 spiro atoms. The molecule has 1 aromatic heterocycles. The molecular formula is C12H8ClN3OS. The molecule has 1 amide bonds. The van der Waals surface area contributed by atoms with Gasteiger partial charge in [0.05, 0.1) is 11.4 Å². The Morgan fingerprint density at radius 1 is 1.22 bits per heavy atom. The van der Waals surface area contributed by atoms with E-state index in [1.807, 2.05) is 11.4 Å². The van der Waals surface area contributed by atoms with Gasteiger partial charge in [-0.1, -0.05) is 11.6 Å². The SMILES string of the molecule is O=C1c2sccc2N=CNN1c1ccc(Cl)cc1. The van der Waals surface area contributed by atoms with Gasteiger partial charge in [0.2, 0.25) is 0 Å². The minimum Gasteiger partial charge on any atom is -0.280 e. The van der Waals surface area contributed by atoms with E-state index in [9.17, 15) is 4.79 Å². The lowest BCUT2D eigenvalue weighted by Crippen LogP contribution is -2.41. The van der Waals surface area contributed by atoms with Crippen molar-refractivity contribution in [3.05, 3.63) is 45.6 Å². The molecule has 0 atom stereocenters. The van der Waals surface area contributed by atoms with Crippen molar-refractivity contribution in [1.82, 2.24) is 5.43 Å². The van der Waals surface area contributed by atoms with Gasteiger partial charge in [0.15, 0.2) is 0 Å². The zero-order valence-corrected chi connectivity index (χ0v) is 10.7. The summed E-state index contributed by atoms with van der Waals surface area (Å²) in [7, 11) is 0. The molecule has 0 aliphatic carbocycles. The van der Waals surface area contributed by atoms with Crippen molar-refractivity contribution in [2.24, 2.45) is 4.99 Å². The number of benzene rings is 1. The minimum absolute atomic E-state index is 0.125. The maximum absolute atomic E-state index is 12.3. The van der Waals surface area contributed by atoms with E-state index in [1.165, 1.54) is 22.7 Å². The van der Waals surface area contributed by atoms with Gasteiger partial charge in [-0.05, 0) is 35.7 Å². The number of rotatable bonds is 1. The highest BCUT2D eigenvalue weighted by Gasteiger charge is 2.23. The second kappa shape index (κ2) is 4.44. The van der Waals surface area contributed by atoms with Crippen LogP contribution in [0.1, 0.15) is 9.67 Å². The fraction of sp³-hybridized carbons (Fsp3) is 0. The average molecular weight is 278 g/mol. The Kier molecular flexibility index (Phi) is 2.77. The third-order valence-electron chi connectivity index (χ3n) is 2.52. The van der Waals surface area contributed by atoms with Crippen LogP contribution in [0.25, 0.3) is 0 Å². The molecule has 2 heterocycles. The molecule has 0 saturated heterocycles. The fourth-order valence-corrected chi connectivity index (χ4v) is 2.56. The van der Waals surface area contributed by atoms with Crippen molar-refractivity contribution in [2.45, 2.75) is 0 Å². The predicted octanol–water partition coefficient (Wildman–Crippen LogP) is 3.23. The summed E-state index contributed by atoms with van der Waals surface area (Å²) >= 11 is 7.21. The van der Waals surface area contributed by atoms with Crippen LogP contribution in [0, 0.1) is 0 Å². The number of hydrogen-bond donors (Lipinski definition) is 1. The number of hydrogen-bond acceptors (Lipinski definition) is 4. The Morgan fingerprint density at radius 3 is 2.78 bits per heavy atom. The van der Waals surface area contributed by atoms with Crippen molar-refractivity contribution < 1.29 is 4.79 Å². The maximum Gasteiger partial charge on any atom is 0.289 e. The number of nitrogens with one attached hydrogen (secondary N) is 1. The number of thiophene rings is 1. The van der Waals surface area contributed by atoms with E-state index in [1.54, 1.807) is 24.3 Å². The summed E-state index contributed by atoms with van der Waals surface area (Å²) in [5.74, 6) is -0.125. The second-order valence-corrected chi connectivity index (χ2v) is 4.99. The Bertz CT molecular complexity index is 621. The third kappa shape index (κ3) is 1.87. The van der Waals surface area contributed by atoms with Gasteiger partial charge >= 0.3 is 0 Å². The lowest BCUT2D eigenvalue weighted by Gasteiger charge is -2.19. The number of anilines is 1. The molecule has 0 saturated carbocycles. The fourth-order valence-electron chi connectivity index (χ4n) is 1.66. The molecule has 2 aromatic rings. The van der Waals surface area contributed by atoms with E-state index >= 15 is 0 Å². The molecule has 3 rings (SSSR count). The lowest BCUT2D eigenvalue weighted by molar-refractivity contribution is 0.0986. The van der Waals surface area contributed by atoms with Crippen LogP contribution in [0.15, 0.2) is 40.7 Å². The predicted molar refractivity (Wildman–Crippen MR) is 73.9 cm³/mol. The summed E-state index contributed by atoms with van der Waals surface area (Å²) in [6.45, 7) is 0. The summed E-state index contributed by atoms with van der Waals surface area (Å²) in [5.41, 5.74) is 4.26. The molecule has 1 aliphatic heterocycles. The Morgan fingerprint density at radius 2 is 2.00 bits per heavy atom. The first-order valence-corrected chi connectivity index (χ1v) is 6.48. The number of carbonyl (C=O) groups excluding carboxylic acids is 1. The highest BCUT2D eigenvalue weighted by Crippen LogP contribution is 2.29. The molecular weight excluding hydrogens is 270 g/mol. The van der Waals surface area contributed by atoms with Crippen LogP contribution in [-0.4, -0.2) is 12.2 Å². The van der Waals surface area contributed by atoms with Gasteiger partial charge in [-0.3, -0.25) is 10.2 Å². The zero-order chi connectivity index (χ0) is 12.5. The molecule has 1 aliphatic rings. The Hall–Kier alpha value is -1.85. The second-order valence-electron chi connectivity index (χ2n) is 3.64. The van der Waals surface area contributed by atoms with Crippen LogP contribution in [0.5, 0.6) is 0 Å². The van der Waals surface area contributed by atoms with Gasteiger partial charge in [-0.25, -0.2) is 10.0 Å². The minimum atomic E-state index is -0.125. The lowest BCUT2D eigenvalue weighted by atomic mass is 10.3. The average Bonchev–Trinajstić information content (AvgIpc) is 2.78. The smallest absolute Gasteiger partial charge is 0.280 e. The van der Waals surface area contributed by atoms with E-state index in [0.29, 0.717) is 15.6 Å². The first-order valence-electron chi connectivity index (χ1n) is 5.22. The van der Waals surface area contributed by atoms with E-state index < -0.39 is 0 Å². The standard InChI is InChI=1S/C12H8ClN3OS/c13-8-1-3-9(4-2-8)16-12(17)11-10(5-6-18-11)14-7-15-16/h1-7H,(H,14,15). The molecule has 0 radical (unpaired) electrons.